The first kappa shape index (κ1) is 21.4. The van der Waals surface area contributed by atoms with E-state index >= 15 is 0 Å². The summed E-state index contributed by atoms with van der Waals surface area (Å²) in [6.07, 6.45) is 3.81. The van der Waals surface area contributed by atoms with E-state index in [2.05, 4.69) is 41.3 Å². The number of nitriles is 2. The molecule has 0 aromatic heterocycles. The second-order valence-electron chi connectivity index (χ2n) is 7.32. The number of rotatable bonds is 6. The minimum Gasteiger partial charge on any atom is -0.497 e. The molecular formula is C29H21N3O. The molecule has 0 saturated heterocycles. The van der Waals surface area contributed by atoms with E-state index in [0.717, 1.165) is 33.9 Å². The maximum atomic E-state index is 9.35. The molecule has 0 aliphatic heterocycles. The number of methoxy groups -OCH3 is 1. The fourth-order valence-electron chi connectivity index (χ4n) is 3.55. The van der Waals surface area contributed by atoms with Gasteiger partial charge in [0.25, 0.3) is 0 Å². The summed E-state index contributed by atoms with van der Waals surface area (Å²) in [6.45, 7) is 0. The monoisotopic (exact) mass is 427 g/mol. The predicted octanol–water partition coefficient (Wildman–Crippen LogP) is 7.08. The minimum absolute atomic E-state index is 0.530. The normalized spacial score (nSPS) is 10.4. The summed E-state index contributed by atoms with van der Waals surface area (Å²) < 4.78 is 5.31. The molecule has 4 aromatic carbocycles. The molecule has 4 heteroatoms. The van der Waals surface area contributed by atoms with Crippen LogP contribution in [-0.2, 0) is 0 Å². The lowest BCUT2D eigenvalue weighted by Gasteiger charge is -2.25. The summed E-state index contributed by atoms with van der Waals surface area (Å²) in [4.78, 5) is 2.18. The van der Waals surface area contributed by atoms with Gasteiger partial charge in [0, 0.05) is 17.1 Å². The third-order valence-electron chi connectivity index (χ3n) is 5.25. The van der Waals surface area contributed by atoms with Crippen molar-refractivity contribution in [3.05, 3.63) is 119 Å². The first-order valence-electron chi connectivity index (χ1n) is 10.4. The number of nitrogens with zero attached hydrogens (tertiary/aromatic N) is 3. The van der Waals surface area contributed by atoms with Gasteiger partial charge in [-0.05, 0) is 77.9 Å². The highest BCUT2D eigenvalue weighted by Gasteiger charge is 2.12. The van der Waals surface area contributed by atoms with Crippen LogP contribution in [-0.4, -0.2) is 7.11 Å². The second-order valence-corrected chi connectivity index (χ2v) is 7.32. The third-order valence-corrected chi connectivity index (χ3v) is 5.25. The van der Waals surface area contributed by atoms with E-state index in [4.69, 9.17) is 10.00 Å². The zero-order valence-electron chi connectivity index (χ0n) is 18.1. The number of ether oxygens (including phenoxy) is 1. The molecule has 0 atom stereocenters. The Morgan fingerprint density at radius 1 is 0.697 bits per heavy atom. The molecular weight excluding hydrogens is 406 g/mol. The Morgan fingerprint density at radius 2 is 1.33 bits per heavy atom. The van der Waals surface area contributed by atoms with Crippen LogP contribution in [0.1, 0.15) is 22.3 Å². The van der Waals surface area contributed by atoms with Crippen molar-refractivity contribution in [3.63, 3.8) is 0 Å². The summed E-state index contributed by atoms with van der Waals surface area (Å²) in [6, 6.07) is 35.7. The Morgan fingerprint density at radius 3 is 1.94 bits per heavy atom. The molecule has 0 amide bonds. The lowest BCUT2D eigenvalue weighted by atomic mass is 10.0. The largest absolute Gasteiger partial charge is 0.497 e. The molecule has 158 valence electrons. The second kappa shape index (κ2) is 10.0. The van der Waals surface area contributed by atoms with E-state index in [9.17, 15) is 5.26 Å². The Hall–Kier alpha value is -4.80. The van der Waals surface area contributed by atoms with Crippen LogP contribution in [0.4, 0.5) is 17.1 Å². The van der Waals surface area contributed by atoms with Gasteiger partial charge >= 0.3 is 0 Å². The highest BCUT2D eigenvalue weighted by Crippen LogP contribution is 2.35. The van der Waals surface area contributed by atoms with Crippen molar-refractivity contribution >= 4 is 29.2 Å². The maximum Gasteiger partial charge on any atom is 0.119 e. The van der Waals surface area contributed by atoms with E-state index < -0.39 is 0 Å². The topological polar surface area (TPSA) is 60.0 Å². The highest BCUT2D eigenvalue weighted by atomic mass is 16.5. The zero-order valence-corrected chi connectivity index (χ0v) is 18.1. The van der Waals surface area contributed by atoms with Crippen molar-refractivity contribution in [1.82, 2.24) is 0 Å². The van der Waals surface area contributed by atoms with E-state index in [-0.39, 0.29) is 0 Å². The summed E-state index contributed by atoms with van der Waals surface area (Å²) in [5.74, 6) is 0.810. The number of hydrogen-bond acceptors (Lipinski definition) is 4. The third kappa shape index (κ3) is 4.93. The van der Waals surface area contributed by atoms with E-state index in [1.54, 1.807) is 25.3 Å². The van der Waals surface area contributed by atoms with E-state index in [0.29, 0.717) is 11.1 Å². The van der Waals surface area contributed by atoms with Gasteiger partial charge in [-0.2, -0.15) is 10.5 Å². The predicted molar refractivity (Wildman–Crippen MR) is 132 cm³/mol. The molecule has 4 aromatic rings. The fourth-order valence-corrected chi connectivity index (χ4v) is 3.55. The smallest absolute Gasteiger partial charge is 0.119 e. The lowest BCUT2D eigenvalue weighted by Crippen LogP contribution is -2.09. The van der Waals surface area contributed by atoms with Crippen molar-refractivity contribution in [2.24, 2.45) is 0 Å². The minimum atomic E-state index is 0.530. The molecule has 0 unspecified atom stereocenters. The van der Waals surface area contributed by atoms with Gasteiger partial charge in [-0.1, -0.05) is 42.5 Å². The van der Waals surface area contributed by atoms with Crippen LogP contribution in [0.5, 0.6) is 5.75 Å². The van der Waals surface area contributed by atoms with Crippen LogP contribution >= 0.6 is 0 Å². The molecule has 0 bridgehead atoms. The number of anilines is 3. The van der Waals surface area contributed by atoms with Gasteiger partial charge in [-0.15, -0.1) is 0 Å². The zero-order chi connectivity index (χ0) is 23.0. The first-order chi connectivity index (χ1) is 16.2. The van der Waals surface area contributed by atoms with Gasteiger partial charge in [0.05, 0.1) is 30.4 Å². The Bertz CT molecular complexity index is 1340. The molecule has 4 nitrogen and oxygen atoms in total. The standard InChI is InChI=1S/C29H21N3O/c1-33-29-17-15-28(16-18-29)32(26-5-3-2-4-6-26)27-13-9-22(10-14-27)7-11-24-19-23(20-30)8-12-25(24)21-31/h2-19H,1H3/b11-7+. The molecule has 0 N–H and O–H groups in total. The van der Waals surface area contributed by atoms with Crippen LogP contribution in [0.3, 0.4) is 0 Å². The summed E-state index contributed by atoms with van der Waals surface area (Å²) in [7, 11) is 1.66. The van der Waals surface area contributed by atoms with Crippen LogP contribution < -0.4 is 9.64 Å². The van der Waals surface area contributed by atoms with Crippen molar-refractivity contribution < 1.29 is 4.74 Å². The molecule has 33 heavy (non-hydrogen) atoms. The van der Waals surface area contributed by atoms with Crippen LogP contribution in [0.15, 0.2) is 97.1 Å². The van der Waals surface area contributed by atoms with Crippen LogP contribution in [0, 0.1) is 22.7 Å². The SMILES string of the molecule is COc1ccc(N(c2ccccc2)c2ccc(/C=C/c3cc(C#N)ccc3C#N)cc2)cc1. The lowest BCUT2D eigenvalue weighted by molar-refractivity contribution is 0.415. The molecule has 0 heterocycles. The van der Waals surface area contributed by atoms with Crippen molar-refractivity contribution in [2.75, 3.05) is 12.0 Å². The Balaban J connectivity index is 1.65. The van der Waals surface area contributed by atoms with Crippen molar-refractivity contribution in [3.8, 4) is 17.9 Å². The molecule has 0 spiro atoms. The fraction of sp³-hybridized carbons (Fsp3) is 0.0345. The van der Waals surface area contributed by atoms with E-state index in [1.165, 1.54) is 0 Å². The average molecular weight is 428 g/mol. The number of para-hydroxylation sites is 1. The Labute approximate surface area is 193 Å². The number of benzene rings is 4. The van der Waals surface area contributed by atoms with Crippen LogP contribution in [0.25, 0.3) is 12.2 Å². The average Bonchev–Trinajstić information content (AvgIpc) is 2.89. The van der Waals surface area contributed by atoms with Gasteiger partial charge in [0.2, 0.25) is 0 Å². The maximum absolute atomic E-state index is 9.35. The van der Waals surface area contributed by atoms with Gasteiger partial charge in [0.1, 0.15) is 5.75 Å². The summed E-state index contributed by atoms with van der Waals surface area (Å²) >= 11 is 0. The first-order valence-corrected chi connectivity index (χ1v) is 10.4. The molecule has 0 saturated carbocycles. The van der Waals surface area contributed by atoms with Crippen molar-refractivity contribution in [1.29, 1.82) is 10.5 Å². The van der Waals surface area contributed by atoms with E-state index in [1.807, 2.05) is 66.7 Å². The van der Waals surface area contributed by atoms with Gasteiger partial charge < -0.3 is 9.64 Å². The van der Waals surface area contributed by atoms with Gasteiger partial charge in [-0.25, -0.2) is 0 Å². The number of hydrogen-bond donors (Lipinski definition) is 0. The van der Waals surface area contributed by atoms with Gasteiger partial charge in [-0.3, -0.25) is 0 Å². The molecule has 0 radical (unpaired) electrons. The molecule has 0 fully saturated rings. The van der Waals surface area contributed by atoms with Crippen LogP contribution in [0.2, 0.25) is 0 Å². The molecule has 4 rings (SSSR count). The van der Waals surface area contributed by atoms with Crippen molar-refractivity contribution in [2.45, 2.75) is 0 Å². The quantitative estimate of drug-likeness (QED) is 0.309. The summed E-state index contributed by atoms with van der Waals surface area (Å²) in [5, 5.41) is 18.5. The summed E-state index contributed by atoms with van der Waals surface area (Å²) in [5.41, 5.74) is 5.89. The highest BCUT2D eigenvalue weighted by molar-refractivity contribution is 5.79. The van der Waals surface area contributed by atoms with Gasteiger partial charge in [0.15, 0.2) is 0 Å². The molecule has 0 aliphatic carbocycles. The Kier molecular flexibility index (Phi) is 6.50. The molecule has 0 aliphatic rings.